The highest BCUT2D eigenvalue weighted by Gasteiger charge is 2.21. The fourth-order valence-electron chi connectivity index (χ4n) is 2.34. The highest BCUT2D eigenvalue weighted by Crippen LogP contribution is 2.36. The van der Waals surface area contributed by atoms with Crippen molar-refractivity contribution in [1.29, 1.82) is 0 Å². The number of rotatable bonds is 5. The van der Waals surface area contributed by atoms with Gasteiger partial charge in [0.25, 0.3) is 5.56 Å². The first-order chi connectivity index (χ1) is 11.9. The van der Waals surface area contributed by atoms with Crippen molar-refractivity contribution in [2.24, 2.45) is 0 Å². The number of ether oxygens (including phenoxy) is 1. The minimum absolute atomic E-state index is 0.0592. The van der Waals surface area contributed by atoms with Gasteiger partial charge in [0.15, 0.2) is 4.34 Å². The van der Waals surface area contributed by atoms with E-state index in [-0.39, 0.29) is 10.8 Å². The van der Waals surface area contributed by atoms with Crippen LogP contribution >= 0.6 is 34.4 Å². The van der Waals surface area contributed by atoms with Crippen molar-refractivity contribution in [3.63, 3.8) is 0 Å². The highest BCUT2D eigenvalue weighted by atomic mass is 32.2. The Labute approximate surface area is 156 Å². The molecule has 3 heterocycles. The summed E-state index contributed by atoms with van der Waals surface area (Å²) in [6.07, 6.45) is 0. The zero-order valence-electron chi connectivity index (χ0n) is 14.2. The number of H-pyrrole nitrogens is 1. The summed E-state index contributed by atoms with van der Waals surface area (Å²) in [6.45, 7) is 7.71. The fraction of sp³-hybridized carbons (Fsp3) is 0.375. The second-order valence-corrected chi connectivity index (χ2v) is 8.87. The molecule has 0 amide bonds. The van der Waals surface area contributed by atoms with Crippen LogP contribution in [0.15, 0.2) is 14.5 Å². The van der Waals surface area contributed by atoms with Gasteiger partial charge in [-0.1, -0.05) is 11.8 Å². The monoisotopic (exact) mass is 395 g/mol. The summed E-state index contributed by atoms with van der Waals surface area (Å²) >= 11 is 4.32. The summed E-state index contributed by atoms with van der Waals surface area (Å²) in [6, 6.07) is 0. The molecule has 6 nitrogen and oxygen atoms in total. The normalized spacial score (nSPS) is 12.5. The van der Waals surface area contributed by atoms with Crippen molar-refractivity contribution >= 4 is 50.6 Å². The zero-order valence-corrected chi connectivity index (χ0v) is 16.7. The number of carbonyl (C=O) groups excluding carboxylic acids is 1. The molecule has 0 spiro atoms. The maximum atomic E-state index is 12.5. The molecule has 3 rings (SSSR count). The Kier molecular flexibility index (Phi) is 5.26. The number of thiazole rings is 1. The van der Waals surface area contributed by atoms with Crippen molar-refractivity contribution < 1.29 is 9.53 Å². The van der Waals surface area contributed by atoms with Gasteiger partial charge in [-0.25, -0.2) is 14.8 Å². The van der Waals surface area contributed by atoms with Crippen LogP contribution in [0.1, 0.15) is 45.9 Å². The van der Waals surface area contributed by atoms with Crippen LogP contribution < -0.4 is 5.56 Å². The minimum atomic E-state index is -0.412. The Balaban J connectivity index is 1.98. The minimum Gasteiger partial charge on any atom is -0.462 e. The summed E-state index contributed by atoms with van der Waals surface area (Å²) in [4.78, 5) is 37.4. The third-order valence-electron chi connectivity index (χ3n) is 3.54. The zero-order chi connectivity index (χ0) is 18.1. The molecule has 0 fully saturated rings. The van der Waals surface area contributed by atoms with Gasteiger partial charge < -0.3 is 9.72 Å². The standard InChI is InChI=1S/C16H17N3O3S3/c1-5-22-15(21)11-8(3)10-13(20)18-12(19-14(10)25-11)9(4)24-16-17-7(2)6-23-16/h6,9H,5H2,1-4H3,(H,18,19,20)/t9-/m0/s1. The van der Waals surface area contributed by atoms with E-state index in [1.54, 1.807) is 36.9 Å². The van der Waals surface area contributed by atoms with Gasteiger partial charge in [-0.05, 0) is 33.3 Å². The lowest BCUT2D eigenvalue weighted by molar-refractivity contribution is 0.0531. The van der Waals surface area contributed by atoms with Gasteiger partial charge in [0.1, 0.15) is 15.5 Å². The summed E-state index contributed by atoms with van der Waals surface area (Å²) < 4.78 is 5.99. The van der Waals surface area contributed by atoms with Crippen LogP contribution in [0.3, 0.4) is 0 Å². The maximum absolute atomic E-state index is 12.5. The van der Waals surface area contributed by atoms with Gasteiger partial charge in [-0.15, -0.1) is 22.7 Å². The van der Waals surface area contributed by atoms with Gasteiger partial charge in [0.2, 0.25) is 0 Å². The quantitative estimate of drug-likeness (QED) is 0.517. The van der Waals surface area contributed by atoms with Crippen LogP contribution in [0.5, 0.6) is 0 Å². The largest absolute Gasteiger partial charge is 0.462 e. The summed E-state index contributed by atoms with van der Waals surface area (Å²) in [5.74, 6) is 0.164. The molecule has 0 saturated heterocycles. The van der Waals surface area contributed by atoms with Crippen molar-refractivity contribution in [2.45, 2.75) is 37.3 Å². The van der Waals surface area contributed by atoms with E-state index in [9.17, 15) is 9.59 Å². The summed E-state index contributed by atoms with van der Waals surface area (Å²) in [7, 11) is 0. The summed E-state index contributed by atoms with van der Waals surface area (Å²) in [5, 5.41) is 2.39. The lowest BCUT2D eigenvalue weighted by Crippen LogP contribution is -2.12. The van der Waals surface area contributed by atoms with E-state index in [0.29, 0.717) is 33.1 Å². The van der Waals surface area contributed by atoms with Gasteiger partial charge >= 0.3 is 5.97 Å². The second kappa shape index (κ2) is 7.27. The molecule has 9 heteroatoms. The van der Waals surface area contributed by atoms with Gasteiger partial charge in [-0.3, -0.25) is 4.79 Å². The van der Waals surface area contributed by atoms with E-state index in [1.807, 2.05) is 19.2 Å². The molecular weight excluding hydrogens is 378 g/mol. The molecule has 0 unspecified atom stereocenters. The van der Waals surface area contributed by atoms with Crippen molar-refractivity contribution in [3.8, 4) is 0 Å². The van der Waals surface area contributed by atoms with Crippen LogP contribution in [0.25, 0.3) is 10.2 Å². The van der Waals surface area contributed by atoms with E-state index in [4.69, 9.17) is 4.74 Å². The first-order valence-corrected chi connectivity index (χ1v) is 10.3. The average molecular weight is 396 g/mol. The number of thioether (sulfide) groups is 1. The van der Waals surface area contributed by atoms with Crippen molar-refractivity contribution in [2.75, 3.05) is 6.61 Å². The van der Waals surface area contributed by atoms with Crippen molar-refractivity contribution in [3.05, 3.63) is 37.7 Å². The van der Waals surface area contributed by atoms with Crippen LogP contribution in [0.4, 0.5) is 0 Å². The number of nitrogens with zero attached hydrogens (tertiary/aromatic N) is 2. The number of carbonyl (C=O) groups is 1. The Morgan fingerprint density at radius 2 is 2.16 bits per heavy atom. The Hall–Kier alpha value is -1.71. The number of fused-ring (bicyclic) bond motifs is 1. The van der Waals surface area contributed by atoms with Crippen molar-refractivity contribution in [1.82, 2.24) is 15.0 Å². The number of hydrogen-bond donors (Lipinski definition) is 1. The number of aromatic nitrogens is 3. The van der Waals surface area contributed by atoms with Crippen LogP contribution in [0, 0.1) is 13.8 Å². The first-order valence-electron chi connectivity index (χ1n) is 7.70. The maximum Gasteiger partial charge on any atom is 0.348 e. The number of nitrogens with one attached hydrogen (secondary N) is 1. The SMILES string of the molecule is CCOC(=O)c1sc2nc([C@H](C)Sc3nc(C)cs3)[nH]c(=O)c2c1C. The molecule has 3 aromatic rings. The summed E-state index contributed by atoms with van der Waals surface area (Å²) in [5.41, 5.74) is 1.37. The van der Waals surface area contributed by atoms with Gasteiger partial charge in [0.05, 0.1) is 17.2 Å². The van der Waals surface area contributed by atoms with Gasteiger partial charge in [-0.2, -0.15) is 0 Å². The smallest absolute Gasteiger partial charge is 0.348 e. The van der Waals surface area contributed by atoms with E-state index < -0.39 is 5.97 Å². The second-order valence-electron chi connectivity index (χ2n) is 5.42. The topological polar surface area (TPSA) is 84.9 Å². The molecular formula is C16H17N3O3S3. The molecule has 0 bridgehead atoms. The molecule has 25 heavy (non-hydrogen) atoms. The van der Waals surface area contributed by atoms with E-state index in [2.05, 4.69) is 15.0 Å². The number of hydrogen-bond acceptors (Lipinski definition) is 8. The lowest BCUT2D eigenvalue weighted by atomic mass is 10.2. The van der Waals surface area contributed by atoms with Crippen LogP contribution in [0.2, 0.25) is 0 Å². The third-order valence-corrected chi connectivity index (χ3v) is 6.90. The molecule has 3 aromatic heterocycles. The molecule has 0 aromatic carbocycles. The Morgan fingerprint density at radius 1 is 1.40 bits per heavy atom. The molecule has 0 radical (unpaired) electrons. The predicted molar refractivity (Wildman–Crippen MR) is 102 cm³/mol. The molecule has 0 aliphatic heterocycles. The molecule has 1 atom stereocenters. The van der Waals surface area contributed by atoms with E-state index in [1.165, 1.54) is 11.3 Å². The van der Waals surface area contributed by atoms with E-state index in [0.717, 1.165) is 10.0 Å². The van der Waals surface area contributed by atoms with E-state index >= 15 is 0 Å². The molecule has 0 aliphatic rings. The predicted octanol–water partition coefficient (Wildman–Crippen LogP) is 4.09. The highest BCUT2D eigenvalue weighted by molar-refractivity contribution is 8.01. The number of esters is 1. The number of aryl methyl sites for hydroxylation is 2. The fourth-order valence-corrected chi connectivity index (χ4v) is 5.46. The van der Waals surface area contributed by atoms with Crippen LogP contribution in [-0.2, 0) is 4.74 Å². The van der Waals surface area contributed by atoms with Crippen LogP contribution in [-0.4, -0.2) is 27.5 Å². The average Bonchev–Trinajstić information content (AvgIpc) is 3.11. The molecule has 0 aliphatic carbocycles. The number of aromatic amines is 1. The number of thiophene rings is 1. The Bertz CT molecular complexity index is 990. The molecule has 0 saturated carbocycles. The molecule has 132 valence electrons. The first kappa shape index (κ1) is 18.1. The van der Waals surface area contributed by atoms with Gasteiger partial charge in [0, 0.05) is 11.1 Å². The molecule has 1 N–H and O–H groups in total. The lowest BCUT2D eigenvalue weighted by Gasteiger charge is -2.08. The third kappa shape index (κ3) is 3.63. The Morgan fingerprint density at radius 3 is 2.80 bits per heavy atom.